The number of aromatic amines is 1. The molecule has 1 amide bonds. The predicted molar refractivity (Wildman–Crippen MR) is 48.0 cm³/mol. The maximum atomic E-state index is 11.3. The first-order chi connectivity index (χ1) is 6.25. The summed E-state index contributed by atoms with van der Waals surface area (Å²) in [7, 11) is 0. The molecule has 0 aliphatic carbocycles. The number of carbonyl (C=O) groups is 1. The Balaban J connectivity index is 2.45. The fraction of sp³-hybridized carbons (Fsp3) is 0.571. The molecule has 0 saturated carbocycles. The second kappa shape index (κ2) is 4.44. The van der Waals surface area contributed by atoms with Crippen molar-refractivity contribution >= 4 is 11.7 Å². The van der Waals surface area contributed by atoms with E-state index in [4.69, 9.17) is 5.73 Å². The molecule has 0 fully saturated rings. The summed E-state index contributed by atoms with van der Waals surface area (Å²) in [5.41, 5.74) is 5.54. The highest BCUT2D eigenvalue weighted by molar-refractivity contribution is 5.96. The number of nitrogens with one attached hydrogen (secondary N) is 2. The summed E-state index contributed by atoms with van der Waals surface area (Å²) in [6.45, 7) is 2.69. The zero-order chi connectivity index (χ0) is 9.68. The molecule has 0 aromatic carbocycles. The van der Waals surface area contributed by atoms with Gasteiger partial charge in [0.05, 0.1) is 0 Å². The minimum atomic E-state index is -0.278. The topological polar surface area (TPSA) is 96.7 Å². The first-order valence-electron chi connectivity index (χ1n) is 4.20. The van der Waals surface area contributed by atoms with Crippen LogP contribution in [0.2, 0.25) is 0 Å². The van der Waals surface area contributed by atoms with Gasteiger partial charge in [0.1, 0.15) is 0 Å². The zero-order valence-electron chi connectivity index (χ0n) is 7.50. The second-order valence-electron chi connectivity index (χ2n) is 2.67. The minimum absolute atomic E-state index is 0.133. The van der Waals surface area contributed by atoms with Gasteiger partial charge in [-0.05, 0) is 6.42 Å². The van der Waals surface area contributed by atoms with Crippen molar-refractivity contribution in [3.05, 3.63) is 5.69 Å². The quantitative estimate of drug-likeness (QED) is 0.568. The lowest BCUT2D eigenvalue weighted by Crippen LogP contribution is -2.25. The number of anilines is 1. The summed E-state index contributed by atoms with van der Waals surface area (Å²) < 4.78 is 0. The van der Waals surface area contributed by atoms with Gasteiger partial charge in [-0.25, -0.2) is 0 Å². The average Bonchev–Trinajstić information content (AvgIpc) is 2.52. The van der Waals surface area contributed by atoms with Crippen LogP contribution in [-0.4, -0.2) is 27.9 Å². The summed E-state index contributed by atoms with van der Waals surface area (Å²) in [5.74, 6) is -0.145. The Morgan fingerprint density at radius 1 is 1.62 bits per heavy atom. The third kappa shape index (κ3) is 2.43. The number of H-pyrrole nitrogens is 1. The van der Waals surface area contributed by atoms with E-state index in [1.165, 1.54) is 0 Å². The number of hydrogen-bond acceptors (Lipinski definition) is 4. The number of amides is 1. The molecule has 0 radical (unpaired) electrons. The van der Waals surface area contributed by atoms with Gasteiger partial charge in [-0.1, -0.05) is 13.3 Å². The van der Waals surface area contributed by atoms with Crippen molar-refractivity contribution in [1.29, 1.82) is 0 Å². The molecule has 0 aliphatic rings. The van der Waals surface area contributed by atoms with Crippen molar-refractivity contribution < 1.29 is 4.79 Å². The van der Waals surface area contributed by atoms with Crippen molar-refractivity contribution in [2.45, 2.75) is 19.8 Å². The van der Waals surface area contributed by atoms with Gasteiger partial charge in [0.25, 0.3) is 5.91 Å². The van der Waals surface area contributed by atoms with Gasteiger partial charge < -0.3 is 11.1 Å². The van der Waals surface area contributed by atoms with Crippen LogP contribution in [0.15, 0.2) is 0 Å². The van der Waals surface area contributed by atoms with E-state index in [-0.39, 0.29) is 17.4 Å². The van der Waals surface area contributed by atoms with Gasteiger partial charge in [-0.2, -0.15) is 5.21 Å². The van der Waals surface area contributed by atoms with Crippen molar-refractivity contribution in [1.82, 2.24) is 20.7 Å². The standard InChI is InChI=1S/C7H13N5O/c1-2-3-4-9-7(13)5-6(8)11-12-10-5/h2-4H2,1H3,(H,9,13)(H3,8,10,11,12). The van der Waals surface area contributed by atoms with E-state index in [2.05, 4.69) is 27.7 Å². The molecule has 1 aromatic rings. The molecular weight excluding hydrogens is 170 g/mol. The Morgan fingerprint density at radius 3 is 2.92 bits per heavy atom. The number of carbonyl (C=O) groups excluding carboxylic acids is 1. The minimum Gasteiger partial charge on any atom is -0.380 e. The number of rotatable bonds is 4. The summed E-state index contributed by atoms with van der Waals surface area (Å²) in [4.78, 5) is 11.3. The number of unbranched alkanes of at least 4 members (excludes halogenated alkanes) is 1. The Morgan fingerprint density at radius 2 is 2.38 bits per heavy atom. The molecule has 0 bridgehead atoms. The summed E-state index contributed by atoms with van der Waals surface area (Å²) in [6.07, 6.45) is 1.98. The van der Waals surface area contributed by atoms with Crippen molar-refractivity contribution in [2.75, 3.05) is 12.3 Å². The molecule has 1 rings (SSSR count). The lowest BCUT2D eigenvalue weighted by molar-refractivity contribution is 0.0949. The fourth-order valence-electron chi connectivity index (χ4n) is 0.869. The van der Waals surface area contributed by atoms with E-state index >= 15 is 0 Å². The lowest BCUT2D eigenvalue weighted by atomic mass is 10.3. The third-order valence-corrected chi connectivity index (χ3v) is 1.61. The third-order valence-electron chi connectivity index (χ3n) is 1.61. The Bertz CT molecular complexity index is 282. The maximum absolute atomic E-state index is 11.3. The molecule has 1 heterocycles. The number of nitrogens with zero attached hydrogens (tertiary/aromatic N) is 2. The molecule has 6 nitrogen and oxygen atoms in total. The smallest absolute Gasteiger partial charge is 0.275 e. The number of nitrogens with two attached hydrogens (primary N) is 1. The molecule has 1 aromatic heterocycles. The Labute approximate surface area is 75.9 Å². The number of hydrogen-bond donors (Lipinski definition) is 3. The Hall–Kier alpha value is -1.59. The largest absolute Gasteiger partial charge is 0.380 e. The van der Waals surface area contributed by atoms with Gasteiger partial charge in [0.2, 0.25) is 0 Å². The highest BCUT2D eigenvalue weighted by atomic mass is 16.2. The van der Waals surface area contributed by atoms with Crippen LogP contribution in [-0.2, 0) is 0 Å². The highest BCUT2D eigenvalue weighted by Crippen LogP contribution is 2.00. The molecule has 72 valence electrons. The van der Waals surface area contributed by atoms with Crippen molar-refractivity contribution in [3.63, 3.8) is 0 Å². The van der Waals surface area contributed by atoms with E-state index in [0.717, 1.165) is 12.8 Å². The molecule has 0 atom stereocenters. The van der Waals surface area contributed by atoms with Crippen LogP contribution >= 0.6 is 0 Å². The molecule has 0 spiro atoms. The van der Waals surface area contributed by atoms with E-state index < -0.39 is 0 Å². The van der Waals surface area contributed by atoms with Crippen LogP contribution in [0.25, 0.3) is 0 Å². The average molecular weight is 183 g/mol. The molecular formula is C7H13N5O. The Kier molecular flexibility index (Phi) is 3.24. The van der Waals surface area contributed by atoms with E-state index in [1.54, 1.807) is 0 Å². The highest BCUT2D eigenvalue weighted by Gasteiger charge is 2.12. The fourth-order valence-corrected chi connectivity index (χ4v) is 0.869. The number of aromatic nitrogens is 3. The lowest BCUT2D eigenvalue weighted by Gasteiger charge is -2.00. The molecule has 0 aliphatic heterocycles. The molecule has 13 heavy (non-hydrogen) atoms. The number of nitrogen functional groups attached to an aromatic ring is 1. The van der Waals surface area contributed by atoms with Gasteiger partial charge in [-0.3, -0.25) is 4.79 Å². The van der Waals surface area contributed by atoms with Crippen molar-refractivity contribution in [3.8, 4) is 0 Å². The van der Waals surface area contributed by atoms with Crippen LogP contribution in [0.1, 0.15) is 30.3 Å². The maximum Gasteiger partial charge on any atom is 0.275 e. The van der Waals surface area contributed by atoms with Crippen LogP contribution in [0.3, 0.4) is 0 Å². The van der Waals surface area contributed by atoms with E-state index in [1.807, 2.05) is 0 Å². The first-order valence-corrected chi connectivity index (χ1v) is 4.20. The van der Waals surface area contributed by atoms with Gasteiger partial charge >= 0.3 is 0 Å². The molecule has 0 unspecified atom stereocenters. The summed E-state index contributed by atoms with van der Waals surface area (Å²) in [6, 6.07) is 0. The van der Waals surface area contributed by atoms with Crippen LogP contribution in [0.5, 0.6) is 0 Å². The summed E-state index contributed by atoms with van der Waals surface area (Å²) in [5, 5.41) is 12.1. The SMILES string of the molecule is CCCCNC(=O)c1n[nH]nc1N. The monoisotopic (exact) mass is 183 g/mol. The summed E-state index contributed by atoms with van der Waals surface area (Å²) >= 11 is 0. The molecule has 6 heteroatoms. The molecule has 0 saturated heterocycles. The second-order valence-corrected chi connectivity index (χ2v) is 2.67. The van der Waals surface area contributed by atoms with E-state index in [9.17, 15) is 4.79 Å². The van der Waals surface area contributed by atoms with Crippen LogP contribution in [0.4, 0.5) is 5.82 Å². The zero-order valence-corrected chi connectivity index (χ0v) is 7.50. The van der Waals surface area contributed by atoms with Crippen LogP contribution in [0, 0.1) is 0 Å². The van der Waals surface area contributed by atoms with E-state index in [0.29, 0.717) is 6.54 Å². The van der Waals surface area contributed by atoms with Crippen LogP contribution < -0.4 is 11.1 Å². The van der Waals surface area contributed by atoms with Gasteiger partial charge in [0.15, 0.2) is 11.5 Å². The van der Waals surface area contributed by atoms with Gasteiger partial charge in [-0.15, -0.1) is 10.2 Å². The first kappa shape index (κ1) is 9.50. The predicted octanol–water partition coefficient (Wildman–Crippen LogP) is -0.0832. The van der Waals surface area contributed by atoms with Gasteiger partial charge in [0, 0.05) is 6.54 Å². The van der Waals surface area contributed by atoms with Crippen molar-refractivity contribution in [2.24, 2.45) is 0 Å². The normalized spacial score (nSPS) is 9.92. The molecule has 4 N–H and O–H groups in total.